The highest BCUT2D eigenvalue weighted by atomic mass is 16.6. The zero-order valence-electron chi connectivity index (χ0n) is 42.9. The number of allylic oxidation sites excluding steroid dienone is 22. The molecule has 0 spiro atoms. The van der Waals surface area contributed by atoms with E-state index in [9.17, 15) is 14.4 Å². The second-order valence-corrected chi connectivity index (χ2v) is 17.0. The van der Waals surface area contributed by atoms with E-state index in [0.717, 1.165) is 96.3 Å². The van der Waals surface area contributed by atoms with Crippen LogP contribution in [0, 0.1) is 0 Å². The molecule has 0 bridgehead atoms. The van der Waals surface area contributed by atoms with Crippen LogP contribution in [0.15, 0.2) is 134 Å². The minimum absolute atomic E-state index is 0.132. The fourth-order valence-corrected chi connectivity index (χ4v) is 6.63. The van der Waals surface area contributed by atoms with Crippen LogP contribution in [0.5, 0.6) is 0 Å². The van der Waals surface area contributed by atoms with Gasteiger partial charge in [0, 0.05) is 19.3 Å². The highest BCUT2D eigenvalue weighted by molar-refractivity contribution is 5.71. The maximum atomic E-state index is 12.8. The van der Waals surface area contributed by atoms with Gasteiger partial charge in [0.05, 0.1) is 0 Å². The lowest BCUT2D eigenvalue weighted by atomic mass is 10.1. The van der Waals surface area contributed by atoms with Crippen molar-refractivity contribution in [2.24, 2.45) is 0 Å². The molecule has 0 aliphatic heterocycles. The summed E-state index contributed by atoms with van der Waals surface area (Å²) in [5, 5.41) is 0. The molecule has 1 atom stereocenters. The molecule has 0 fully saturated rings. The summed E-state index contributed by atoms with van der Waals surface area (Å²) >= 11 is 0. The molecule has 0 rings (SSSR count). The van der Waals surface area contributed by atoms with Crippen LogP contribution in [0.2, 0.25) is 0 Å². The normalized spacial score (nSPS) is 13.2. The first-order chi connectivity index (χ1) is 33.0. The number of carbonyl (C=O) groups excluding carboxylic acids is 3. The largest absolute Gasteiger partial charge is 0.462 e. The van der Waals surface area contributed by atoms with Crippen LogP contribution in [0.4, 0.5) is 0 Å². The van der Waals surface area contributed by atoms with Gasteiger partial charge in [0.1, 0.15) is 13.2 Å². The molecule has 0 aromatic heterocycles. The molecule has 0 unspecified atom stereocenters. The monoisotopic (exact) mass is 925 g/mol. The Morgan fingerprint density at radius 2 is 0.627 bits per heavy atom. The van der Waals surface area contributed by atoms with E-state index in [4.69, 9.17) is 14.2 Å². The Labute approximate surface area is 411 Å². The number of hydrogen-bond donors (Lipinski definition) is 0. The number of unbranched alkanes of at least 4 members (excludes halogenated alkanes) is 13. The number of hydrogen-bond acceptors (Lipinski definition) is 6. The molecule has 0 N–H and O–H groups in total. The van der Waals surface area contributed by atoms with E-state index in [1.807, 2.05) is 12.2 Å². The topological polar surface area (TPSA) is 78.9 Å². The van der Waals surface area contributed by atoms with Gasteiger partial charge in [0.25, 0.3) is 0 Å². The summed E-state index contributed by atoms with van der Waals surface area (Å²) in [6.45, 7) is 6.34. The lowest BCUT2D eigenvalue weighted by Crippen LogP contribution is -2.30. The summed E-state index contributed by atoms with van der Waals surface area (Å²) in [6.07, 6.45) is 75.9. The molecule has 0 saturated heterocycles. The Morgan fingerprint density at radius 1 is 0.313 bits per heavy atom. The Morgan fingerprint density at radius 3 is 1.09 bits per heavy atom. The first kappa shape index (κ1) is 62.5. The van der Waals surface area contributed by atoms with Gasteiger partial charge in [-0.3, -0.25) is 14.4 Å². The summed E-state index contributed by atoms with van der Waals surface area (Å²) in [5.41, 5.74) is 0. The molecular formula is C61H96O6. The maximum Gasteiger partial charge on any atom is 0.306 e. The highest BCUT2D eigenvalue weighted by Gasteiger charge is 2.19. The van der Waals surface area contributed by atoms with Crippen molar-refractivity contribution in [2.45, 2.75) is 219 Å². The molecule has 376 valence electrons. The molecule has 0 heterocycles. The average molecular weight is 925 g/mol. The molecule has 0 radical (unpaired) electrons. The van der Waals surface area contributed by atoms with Crippen molar-refractivity contribution in [3.63, 3.8) is 0 Å². The second kappa shape index (κ2) is 54.2. The lowest BCUT2D eigenvalue weighted by molar-refractivity contribution is -0.166. The summed E-state index contributed by atoms with van der Waals surface area (Å²) in [5.74, 6) is -1.09. The maximum absolute atomic E-state index is 12.8. The minimum Gasteiger partial charge on any atom is -0.462 e. The molecular weight excluding hydrogens is 829 g/mol. The van der Waals surface area contributed by atoms with E-state index in [1.54, 1.807) is 0 Å². The van der Waals surface area contributed by atoms with Crippen molar-refractivity contribution in [2.75, 3.05) is 13.2 Å². The van der Waals surface area contributed by atoms with E-state index >= 15 is 0 Å². The zero-order chi connectivity index (χ0) is 48.6. The molecule has 0 aliphatic rings. The van der Waals surface area contributed by atoms with Gasteiger partial charge in [0.15, 0.2) is 6.10 Å². The van der Waals surface area contributed by atoms with Crippen LogP contribution >= 0.6 is 0 Å². The van der Waals surface area contributed by atoms with E-state index in [2.05, 4.69) is 142 Å². The molecule has 0 aromatic carbocycles. The summed E-state index contributed by atoms with van der Waals surface area (Å²) in [4.78, 5) is 38.0. The Hall–Kier alpha value is -4.45. The predicted octanol–water partition coefficient (Wildman–Crippen LogP) is 17.9. The van der Waals surface area contributed by atoms with Crippen LogP contribution in [0.3, 0.4) is 0 Å². The van der Waals surface area contributed by atoms with Gasteiger partial charge < -0.3 is 14.2 Å². The lowest BCUT2D eigenvalue weighted by Gasteiger charge is -2.18. The van der Waals surface area contributed by atoms with Crippen LogP contribution in [0.1, 0.15) is 213 Å². The molecule has 6 nitrogen and oxygen atoms in total. The van der Waals surface area contributed by atoms with Crippen LogP contribution in [0.25, 0.3) is 0 Å². The van der Waals surface area contributed by atoms with Gasteiger partial charge in [-0.2, -0.15) is 0 Å². The van der Waals surface area contributed by atoms with Crippen molar-refractivity contribution in [3.05, 3.63) is 134 Å². The molecule has 0 amide bonds. The summed E-state index contributed by atoms with van der Waals surface area (Å²) in [6, 6.07) is 0. The van der Waals surface area contributed by atoms with Crippen molar-refractivity contribution in [1.29, 1.82) is 0 Å². The van der Waals surface area contributed by atoms with Gasteiger partial charge in [-0.25, -0.2) is 0 Å². The van der Waals surface area contributed by atoms with Gasteiger partial charge in [-0.05, 0) is 122 Å². The Balaban J connectivity index is 4.62. The van der Waals surface area contributed by atoms with Gasteiger partial charge in [-0.15, -0.1) is 0 Å². The Kier molecular flexibility index (Phi) is 50.6. The van der Waals surface area contributed by atoms with Crippen molar-refractivity contribution in [3.8, 4) is 0 Å². The number of esters is 3. The van der Waals surface area contributed by atoms with Crippen molar-refractivity contribution >= 4 is 17.9 Å². The Bertz CT molecular complexity index is 1480. The smallest absolute Gasteiger partial charge is 0.306 e. The SMILES string of the molecule is CC/C=C\C/C=C\C/C=C\C/C=C\C/C=C\C/C=C\CCC(=O)OC[C@@H](COC(=O)CCCCCCC/C=C\CCCCCC)OC(=O)CCC/C=C\C/C=C\C/C=C\C/C=C\CCCCC. The minimum atomic E-state index is -0.845. The number of ether oxygens (including phenoxy) is 3. The van der Waals surface area contributed by atoms with E-state index in [-0.39, 0.29) is 38.0 Å². The zero-order valence-corrected chi connectivity index (χ0v) is 42.9. The van der Waals surface area contributed by atoms with Gasteiger partial charge >= 0.3 is 17.9 Å². The highest BCUT2D eigenvalue weighted by Crippen LogP contribution is 2.11. The molecule has 0 saturated carbocycles. The third-order valence-corrected chi connectivity index (χ3v) is 10.6. The third kappa shape index (κ3) is 52.4. The van der Waals surface area contributed by atoms with Crippen LogP contribution < -0.4 is 0 Å². The van der Waals surface area contributed by atoms with Crippen molar-refractivity contribution in [1.82, 2.24) is 0 Å². The number of carbonyl (C=O) groups is 3. The van der Waals surface area contributed by atoms with Crippen molar-refractivity contribution < 1.29 is 28.6 Å². The number of rotatable bonds is 46. The molecule has 6 heteroatoms. The third-order valence-electron chi connectivity index (χ3n) is 10.6. The second-order valence-electron chi connectivity index (χ2n) is 17.0. The summed E-state index contributed by atoms with van der Waals surface area (Å²) < 4.78 is 16.7. The first-order valence-corrected chi connectivity index (χ1v) is 26.7. The molecule has 0 aromatic rings. The van der Waals surface area contributed by atoms with E-state index in [0.29, 0.717) is 19.3 Å². The van der Waals surface area contributed by atoms with Gasteiger partial charge in [0.2, 0.25) is 0 Å². The quantitative estimate of drug-likeness (QED) is 0.0262. The van der Waals surface area contributed by atoms with Gasteiger partial charge in [-0.1, -0.05) is 206 Å². The molecule has 67 heavy (non-hydrogen) atoms. The standard InChI is InChI=1S/C61H96O6/c1-4-7-10-13-16-19-22-25-27-29-30-32-33-36-39-42-45-48-51-54-60(63)66-57-58(56-65-59(62)53-50-47-44-41-38-35-24-21-18-15-12-9-6-3)67-61(64)55-52-49-46-43-40-37-34-31-28-26-23-20-17-14-11-8-5-2/h7,10,16-17,19-21,24-28,30,32,34,36-37,39,43,45-46,48,58H,4-6,8-9,11-15,18,22-23,29,31,33,35,38,40-42,44,47,49-57H2,1-3H3/b10-7-,19-16-,20-17-,24-21-,27-25-,28-26-,32-30-,37-34-,39-36-,46-43-,48-45-/t58-/m1/s1. The molecule has 0 aliphatic carbocycles. The van der Waals surface area contributed by atoms with Crippen LogP contribution in [-0.4, -0.2) is 37.2 Å². The fourth-order valence-electron chi connectivity index (χ4n) is 6.63. The van der Waals surface area contributed by atoms with Crippen LogP contribution in [-0.2, 0) is 28.6 Å². The first-order valence-electron chi connectivity index (χ1n) is 26.7. The fraction of sp³-hybridized carbons (Fsp3) is 0.590. The average Bonchev–Trinajstić information content (AvgIpc) is 3.33. The predicted molar refractivity (Wildman–Crippen MR) is 288 cm³/mol. The summed E-state index contributed by atoms with van der Waals surface area (Å²) in [7, 11) is 0. The van der Waals surface area contributed by atoms with E-state index < -0.39 is 12.1 Å². The van der Waals surface area contributed by atoms with E-state index in [1.165, 1.54) is 64.2 Å².